The number of hydrogen-bond acceptors (Lipinski definition) is 4. The molecule has 1 heterocycles. The van der Waals surface area contributed by atoms with Gasteiger partial charge in [0.1, 0.15) is 5.56 Å². The number of ether oxygens (including phenoxy) is 1. The van der Waals surface area contributed by atoms with E-state index in [1.165, 1.54) is 7.11 Å². The Morgan fingerprint density at radius 1 is 1.50 bits per heavy atom. The van der Waals surface area contributed by atoms with Crippen LogP contribution in [0.3, 0.4) is 0 Å². The van der Waals surface area contributed by atoms with Crippen molar-refractivity contribution in [2.45, 2.75) is 20.8 Å². The van der Waals surface area contributed by atoms with E-state index >= 15 is 0 Å². The average Bonchev–Trinajstić information content (AvgIpc) is 2.34. The molecule has 0 aliphatic heterocycles. The first-order valence-electron chi connectivity index (χ1n) is 4.63. The highest BCUT2D eigenvalue weighted by molar-refractivity contribution is 6.34. The number of methoxy groups -OCH3 is 1. The van der Waals surface area contributed by atoms with Crippen LogP contribution in [0.25, 0.3) is 0 Å². The van der Waals surface area contributed by atoms with Crippen molar-refractivity contribution in [3.05, 3.63) is 22.3 Å². The molecule has 0 aliphatic carbocycles. The van der Waals surface area contributed by atoms with Crippen LogP contribution in [-0.4, -0.2) is 18.1 Å². The van der Waals surface area contributed by atoms with Crippen LogP contribution < -0.4 is 4.74 Å². The van der Waals surface area contributed by atoms with E-state index in [4.69, 9.17) is 16.3 Å². The number of pyridine rings is 1. The molecule has 0 unspecified atom stereocenters. The van der Waals surface area contributed by atoms with Crippen LogP contribution in [0.5, 0.6) is 5.88 Å². The maximum Gasteiger partial charge on any atom is 0.382 e. The third-order valence-corrected chi connectivity index (χ3v) is 2.17. The second-order valence-corrected chi connectivity index (χ2v) is 2.86. The van der Waals surface area contributed by atoms with Crippen LogP contribution in [0.1, 0.15) is 29.8 Å². The van der Waals surface area contributed by atoms with Gasteiger partial charge in [0.2, 0.25) is 5.88 Å². The second kappa shape index (κ2) is 7.00. The number of hydrogen-bond donors (Lipinski definition) is 0. The van der Waals surface area contributed by atoms with E-state index in [0.29, 0.717) is 5.56 Å². The number of carbonyl (C=O) groups is 1. The Morgan fingerprint density at radius 3 is 2.50 bits per heavy atom. The molecule has 0 saturated carbocycles. The number of nitrogens with zero attached hydrogens (tertiary/aromatic N) is 1. The Bertz CT molecular complexity index is 371. The Morgan fingerprint density at radius 2 is 2.06 bits per heavy atom. The minimum atomic E-state index is -1.17. The van der Waals surface area contributed by atoms with E-state index in [1.54, 1.807) is 6.92 Å². The summed E-state index contributed by atoms with van der Waals surface area (Å²) in [6.07, 6.45) is 1.09. The van der Waals surface area contributed by atoms with Crippen molar-refractivity contribution in [3.8, 4) is 5.88 Å². The van der Waals surface area contributed by atoms with Gasteiger partial charge in [0.05, 0.1) is 12.1 Å². The normalized spacial score (nSPS) is 8.88. The summed E-state index contributed by atoms with van der Waals surface area (Å²) < 4.78 is 16.5. The Kier molecular flexibility index (Phi) is 6.41. The minimum Gasteiger partial charge on any atom is -0.481 e. The molecule has 0 radical (unpaired) electrons. The molecule has 0 amide bonds. The van der Waals surface area contributed by atoms with Gasteiger partial charge in [-0.3, -0.25) is 0 Å². The van der Waals surface area contributed by atoms with E-state index in [-0.39, 0.29) is 16.5 Å². The van der Waals surface area contributed by atoms with Gasteiger partial charge in [0.25, 0.3) is 0 Å². The number of halogens is 2. The number of carbonyl (C=O) groups excluding carboxylic acids is 1. The van der Waals surface area contributed by atoms with Crippen LogP contribution in [0.4, 0.5) is 4.53 Å². The summed E-state index contributed by atoms with van der Waals surface area (Å²) in [7, 11) is 1.42. The summed E-state index contributed by atoms with van der Waals surface area (Å²) in [6, 6.07) is 0. The fourth-order valence-electron chi connectivity index (χ4n) is 0.962. The maximum atomic E-state index is 11.6. The first-order chi connectivity index (χ1) is 7.61. The standard InChI is InChI=1S/C8H7ClFNO3.C2H6/c1-4-6(9)5(8(12)14-10)3-11-7(4)13-2;1-2/h3H,1-2H3;1-2H3. The van der Waals surface area contributed by atoms with Gasteiger partial charge < -0.3 is 4.74 Å². The fourth-order valence-corrected chi connectivity index (χ4v) is 1.17. The van der Waals surface area contributed by atoms with Crippen molar-refractivity contribution in [1.29, 1.82) is 0 Å². The summed E-state index contributed by atoms with van der Waals surface area (Å²) >= 11 is 5.76. The molecule has 4 nitrogen and oxygen atoms in total. The highest BCUT2D eigenvalue weighted by atomic mass is 35.5. The fraction of sp³-hybridized carbons (Fsp3) is 0.400. The summed E-state index contributed by atoms with van der Waals surface area (Å²) in [5, 5.41) is 0.0690. The number of rotatable bonds is 2. The molecular weight excluding hydrogens is 237 g/mol. The van der Waals surface area contributed by atoms with Crippen LogP contribution in [0.2, 0.25) is 5.02 Å². The zero-order valence-electron chi connectivity index (χ0n) is 9.51. The first kappa shape index (κ1) is 14.6. The van der Waals surface area contributed by atoms with Gasteiger partial charge in [-0.25, -0.2) is 14.7 Å². The monoisotopic (exact) mass is 249 g/mol. The van der Waals surface area contributed by atoms with E-state index in [9.17, 15) is 9.32 Å². The molecule has 0 atom stereocenters. The predicted molar refractivity (Wildman–Crippen MR) is 58.4 cm³/mol. The smallest absolute Gasteiger partial charge is 0.382 e. The Hall–Kier alpha value is -1.36. The number of aromatic nitrogens is 1. The lowest BCUT2D eigenvalue weighted by atomic mass is 10.2. The largest absolute Gasteiger partial charge is 0.481 e. The summed E-state index contributed by atoms with van der Waals surface area (Å²) in [6.45, 7) is 5.60. The molecule has 0 N–H and O–H groups in total. The molecule has 16 heavy (non-hydrogen) atoms. The minimum absolute atomic E-state index is 0.0690. The van der Waals surface area contributed by atoms with Crippen molar-refractivity contribution >= 4 is 17.6 Å². The Labute approximate surface area is 98.2 Å². The molecule has 90 valence electrons. The van der Waals surface area contributed by atoms with Crippen molar-refractivity contribution < 1.29 is 19.0 Å². The van der Waals surface area contributed by atoms with Gasteiger partial charge in [0, 0.05) is 16.3 Å². The van der Waals surface area contributed by atoms with Gasteiger partial charge in [-0.2, -0.15) is 0 Å². The molecule has 1 aromatic heterocycles. The van der Waals surface area contributed by atoms with Crippen LogP contribution in [-0.2, 0) is 4.94 Å². The van der Waals surface area contributed by atoms with Crippen molar-refractivity contribution in [2.75, 3.05) is 7.11 Å². The zero-order chi connectivity index (χ0) is 12.7. The molecule has 0 aliphatic rings. The summed E-state index contributed by atoms with van der Waals surface area (Å²) in [5.74, 6) is -0.890. The predicted octanol–water partition coefficient (Wildman–Crippen LogP) is 3.12. The molecule has 1 aromatic rings. The lowest BCUT2D eigenvalue weighted by Gasteiger charge is -2.06. The van der Waals surface area contributed by atoms with E-state index < -0.39 is 5.97 Å². The van der Waals surface area contributed by atoms with E-state index in [2.05, 4.69) is 9.93 Å². The molecule has 6 heteroatoms. The topological polar surface area (TPSA) is 48.4 Å². The zero-order valence-corrected chi connectivity index (χ0v) is 10.3. The van der Waals surface area contributed by atoms with Gasteiger partial charge in [-0.1, -0.05) is 25.4 Å². The van der Waals surface area contributed by atoms with Crippen LogP contribution in [0, 0.1) is 6.92 Å². The lowest BCUT2D eigenvalue weighted by molar-refractivity contribution is -0.0788. The van der Waals surface area contributed by atoms with Crippen LogP contribution >= 0.6 is 11.6 Å². The van der Waals surface area contributed by atoms with Crippen molar-refractivity contribution in [1.82, 2.24) is 4.98 Å². The quantitative estimate of drug-likeness (QED) is 0.808. The van der Waals surface area contributed by atoms with Crippen LogP contribution in [0.15, 0.2) is 6.20 Å². The molecule has 0 saturated heterocycles. The summed E-state index contributed by atoms with van der Waals surface area (Å²) in [5.41, 5.74) is 0.324. The third kappa shape index (κ3) is 3.06. The van der Waals surface area contributed by atoms with E-state index in [0.717, 1.165) is 6.20 Å². The van der Waals surface area contributed by atoms with Crippen molar-refractivity contribution in [3.63, 3.8) is 0 Å². The Balaban J connectivity index is 0.00000106. The van der Waals surface area contributed by atoms with Gasteiger partial charge >= 0.3 is 5.97 Å². The molecule has 0 aromatic carbocycles. The van der Waals surface area contributed by atoms with Gasteiger partial charge in [-0.05, 0) is 6.92 Å². The maximum absolute atomic E-state index is 11.6. The molecule has 0 fully saturated rings. The van der Waals surface area contributed by atoms with Gasteiger partial charge in [-0.15, -0.1) is 0 Å². The molecule has 1 rings (SSSR count). The van der Waals surface area contributed by atoms with Gasteiger partial charge in [0.15, 0.2) is 0 Å². The molecular formula is C10H13ClFNO3. The second-order valence-electron chi connectivity index (χ2n) is 2.48. The molecule has 0 bridgehead atoms. The first-order valence-corrected chi connectivity index (χ1v) is 5.01. The van der Waals surface area contributed by atoms with E-state index in [1.807, 2.05) is 13.8 Å². The highest BCUT2D eigenvalue weighted by Crippen LogP contribution is 2.26. The summed E-state index contributed by atoms with van der Waals surface area (Å²) in [4.78, 5) is 17.6. The highest BCUT2D eigenvalue weighted by Gasteiger charge is 2.17. The average molecular weight is 250 g/mol. The lowest BCUT2D eigenvalue weighted by Crippen LogP contribution is -2.03. The SMILES string of the molecule is CC.COc1ncc(C(=O)OF)c(Cl)c1C. The van der Waals surface area contributed by atoms with Crippen molar-refractivity contribution in [2.24, 2.45) is 0 Å². The third-order valence-electron chi connectivity index (χ3n) is 1.68. The molecule has 0 spiro atoms.